The normalized spacial score (nSPS) is 21.1. The first-order valence-electron chi connectivity index (χ1n) is 11.9. The maximum Gasteiger partial charge on any atom is 0.175 e. The van der Waals surface area contributed by atoms with E-state index < -0.39 is 0 Å². The third-order valence-electron chi connectivity index (χ3n) is 7.36. The maximum absolute atomic E-state index is 5.81. The van der Waals surface area contributed by atoms with E-state index in [1.807, 2.05) is 0 Å². The molecule has 1 saturated heterocycles. The summed E-state index contributed by atoms with van der Waals surface area (Å²) in [5, 5.41) is 2.35. The second-order valence-electron chi connectivity index (χ2n) is 9.31. The zero-order valence-electron chi connectivity index (χ0n) is 19.1. The number of hydrogen-bond acceptors (Lipinski definition) is 5. The Balaban J connectivity index is 1.56. The molecule has 166 valence electrons. The van der Waals surface area contributed by atoms with Gasteiger partial charge in [0, 0.05) is 28.7 Å². The van der Waals surface area contributed by atoms with Gasteiger partial charge in [-0.2, -0.15) is 4.37 Å². The summed E-state index contributed by atoms with van der Waals surface area (Å²) in [5.41, 5.74) is 3.68. The van der Waals surface area contributed by atoms with Gasteiger partial charge in [-0.25, -0.2) is 4.98 Å². The number of aromatic nitrogens is 3. The minimum atomic E-state index is 0.536. The first-order chi connectivity index (χ1) is 15.2. The number of fused-ring (bicyclic) bond motifs is 1. The number of likely N-dealkylation sites (tertiary alicyclic amines) is 1. The molecule has 2 aliphatic rings. The molecule has 1 aromatic carbocycles. The van der Waals surface area contributed by atoms with Crippen LogP contribution in [0.2, 0.25) is 0 Å². The van der Waals surface area contributed by atoms with Crippen LogP contribution in [0.5, 0.6) is 5.75 Å². The number of hydrogen-bond donors (Lipinski definition) is 0. The first kappa shape index (κ1) is 21.0. The van der Waals surface area contributed by atoms with Gasteiger partial charge in [-0.1, -0.05) is 37.8 Å². The Morgan fingerprint density at radius 2 is 1.90 bits per heavy atom. The van der Waals surface area contributed by atoms with Crippen LogP contribution in [0.1, 0.15) is 75.0 Å². The van der Waals surface area contributed by atoms with Crippen molar-refractivity contribution in [3.63, 3.8) is 0 Å². The lowest BCUT2D eigenvalue weighted by Crippen LogP contribution is -2.36. The fraction of sp³-hybridized carbons (Fsp3) is 0.600. The molecule has 1 aliphatic carbocycles. The summed E-state index contributed by atoms with van der Waals surface area (Å²) in [7, 11) is 1.78. The highest BCUT2D eigenvalue weighted by molar-refractivity contribution is 7.05. The van der Waals surface area contributed by atoms with Gasteiger partial charge < -0.3 is 9.30 Å². The Morgan fingerprint density at radius 3 is 2.68 bits per heavy atom. The second-order valence-corrected chi connectivity index (χ2v) is 10.1. The fourth-order valence-corrected chi connectivity index (χ4v) is 6.36. The highest BCUT2D eigenvalue weighted by atomic mass is 32.1. The Morgan fingerprint density at radius 1 is 1.10 bits per heavy atom. The number of piperidine rings is 1. The third kappa shape index (κ3) is 3.89. The number of nitrogens with zero attached hydrogens (tertiary/aromatic N) is 4. The Hall–Kier alpha value is -1.92. The van der Waals surface area contributed by atoms with E-state index in [9.17, 15) is 0 Å². The highest BCUT2D eigenvalue weighted by Crippen LogP contribution is 2.43. The van der Waals surface area contributed by atoms with Crippen molar-refractivity contribution in [3.05, 3.63) is 28.9 Å². The number of benzene rings is 1. The van der Waals surface area contributed by atoms with Gasteiger partial charge >= 0.3 is 0 Å². The Kier molecular flexibility index (Phi) is 6.02. The van der Waals surface area contributed by atoms with E-state index in [0.717, 1.165) is 23.1 Å². The van der Waals surface area contributed by atoms with E-state index in [0.29, 0.717) is 12.1 Å². The second kappa shape index (κ2) is 8.91. The lowest BCUT2D eigenvalue weighted by Gasteiger charge is -2.32. The van der Waals surface area contributed by atoms with Crippen molar-refractivity contribution in [1.29, 1.82) is 0 Å². The van der Waals surface area contributed by atoms with Gasteiger partial charge in [-0.15, -0.1) is 0 Å². The molecule has 1 unspecified atom stereocenters. The van der Waals surface area contributed by atoms with Crippen molar-refractivity contribution in [2.45, 2.75) is 83.8 Å². The fourth-order valence-electron chi connectivity index (χ4n) is 5.69. The van der Waals surface area contributed by atoms with Gasteiger partial charge in [0.15, 0.2) is 5.82 Å². The van der Waals surface area contributed by atoms with Gasteiger partial charge in [0.1, 0.15) is 10.8 Å². The van der Waals surface area contributed by atoms with Crippen LogP contribution in [0.15, 0.2) is 18.2 Å². The van der Waals surface area contributed by atoms with E-state index in [1.54, 1.807) is 18.6 Å². The van der Waals surface area contributed by atoms with E-state index in [1.165, 1.54) is 80.1 Å². The average molecular weight is 439 g/mol. The summed E-state index contributed by atoms with van der Waals surface area (Å²) in [4.78, 5) is 7.61. The lowest BCUT2D eigenvalue weighted by molar-refractivity contribution is 0.152. The molecule has 2 fully saturated rings. The average Bonchev–Trinajstić information content (AvgIpc) is 3.37. The molecular weight excluding hydrogens is 404 g/mol. The maximum atomic E-state index is 5.81. The number of methoxy groups -OCH3 is 1. The standard InChI is InChI=1S/C25H34N4OS/c1-17-10-7-8-15-28(17)16-22-26-25(27-31-22)23-18(2)29(19-11-5-4-6-12-19)24-20(23)13-9-14-21(24)30-3/h9,13-14,17,19H,4-8,10-12,15-16H2,1-3H3. The molecule has 0 spiro atoms. The minimum Gasteiger partial charge on any atom is -0.495 e. The molecule has 1 saturated carbocycles. The smallest absolute Gasteiger partial charge is 0.175 e. The van der Waals surface area contributed by atoms with E-state index in [4.69, 9.17) is 14.1 Å². The monoisotopic (exact) mass is 438 g/mol. The molecule has 31 heavy (non-hydrogen) atoms. The van der Waals surface area contributed by atoms with Crippen LogP contribution in [0.25, 0.3) is 22.3 Å². The molecular formula is C25H34N4OS. The topological polar surface area (TPSA) is 43.2 Å². The van der Waals surface area contributed by atoms with Crippen LogP contribution in [-0.2, 0) is 6.54 Å². The van der Waals surface area contributed by atoms with Crippen molar-refractivity contribution in [2.24, 2.45) is 0 Å². The molecule has 0 bridgehead atoms. The molecule has 0 radical (unpaired) electrons. The first-order valence-corrected chi connectivity index (χ1v) is 12.7. The van der Waals surface area contributed by atoms with Crippen LogP contribution in [-0.4, -0.2) is 38.5 Å². The molecule has 0 amide bonds. The summed E-state index contributed by atoms with van der Waals surface area (Å²) < 4.78 is 13.2. The molecule has 0 N–H and O–H groups in total. The summed E-state index contributed by atoms with van der Waals surface area (Å²) in [6, 6.07) is 7.57. The zero-order chi connectivity index (χ0) is 21.4. The van der Waals surface area contributed by atoms with Gasteiger partial charge in [0.25, 0.3) is 0 Å². The molecule has 2 aromatic heterocycles. The highest BCUT2D eigenvalue weighted by Gasteiger charge is 2.27. The van der Waals surface area contributed by atoms with Crippen LogP contribution < -0.4 is 4.74 Å². The summed E-state index contributed by atoms with van der Waals surface area (Å²) in [6.07, 6.45) is 10.4. The lowest BCUT2D eigenvalue weighted by atomic mass is 9.95. The van der Waals surface area contributed by atoms with Gasteiger partial charge in [0.05, 0.1) is 19.2 Å². The molecule has 3 heterocycles. The molecule has 1 aliphatic heterocycles. The van der Waals surface area contributed by atoms with E-state index in [-0.39, 0.29) is 0 Å². The van der Waals surface area contributed by atoms with Crippen LogP contribution in [0.4, 0.5) is 0 Å². The van der Waals surface area contributed by atoms with Gasteiger partial charge in [-0.3, -0.25) is 4.90 Å². The Labute approximate surface area is 189 Å². The number of para-hydroxylation sites is 1. The van der Waals surface area contributed by atoms with Crippen LogP contribution >= 0.6 is 11.5 Å². The van der Waals surface area contributed by atoms with Crippen molar-refractivity contribution >= 4 is 22.4 Å². The van der Waals surface area contributed by atoms with Crippen molar-refractivity contribution < 1.29 is 4.74 Å². The number of rotatable bonds is 5. The summed E-state index contributed by atoms with van der Waals surface area (Å²) in [6.45, 7) is 6.68. The molecule has 1 atom stereocenters. The molecule has 5 rings (SSSR count). The quantitative estimate of drug-likeness (QED) is 0.465. The Bertz CT molecular complexity index is 1050. The molecule has 5 nitrogen and oxygen atoms in total. The SMILES string of the molecule is COc1cccc2c(-c3nsc(CN4CCCCC4C)n3)c(C)n(C3CCCCC3)c12. The van der Waals surface area contributed by atoms with Gasteiger partial charge in [-0.05, 0) is 63.7 Å². The minimum absolute atomic E-state index is 0.536. The predicted molar refractivity (Wildman–Crippen MR) is 128 cm³/mol. The number of ether oxygens (including phenoxy) is 1. The third-order valence-corrected chi connectivity index (χ3v) is 8.06. The van der Waals surface area contributed by atoms with Crippen LogP contribution in [0.3, 0.4) is 0 Å². The van der Waals surface area contributed by atoms with Crippen molar-refractivity contribution in [3.8, 4) is 17.1 Å². The van der Waals surface area contributed by atoms with Crippen LogP contribution in [0, 0.1) is 6.92 Å². The van der Waals surface area contributed by atoms with Crippen molar-refractivity contribution in [1.82, 2.24) is 18.8 Å². The van der Waals surface area contributed by atoms with Crippen molar-refractivity contribution in [2.75, 3.05) is 13.7 Å². The molecule has 6 heteroatoms. The predicted octanol–water partition coefficient (Wildman–Crippen LogP) is 6.36. The molecule has 3 aromatic rings. The van der Waals surface area contributed by atoms with E-state index in [2.05, 4.69) is 41.5 Å². The summed E-state index contributed by atoms with van der Waals surface area (Å²) >= 11 is 1.57. The van der Waals surface area contributed by atoms with Gasteiger partial charge in [0.2, 0.25) is 0 Å². The van der Waals surface area contributed by atoms with E-state index >= 15 is 0 Å². The largest absolute Gasteiger partial charge is 0.495 e. The summed E-state index contributed by atoms with van der Waals surface area (Å²) in [5.74, 6) is 1.84. The zero-order valence-corrected chi connectivity index (χ0v) is 19.9.